The van der Waals surface area contributed by atoms with Gasteiger partial charge in [-0.2, -0.15) is 0 Å². The lowest BCUT2D eigenvalue weighted by atomic mass is 10.1. The number of hydrogen-bond acceptors (Lipinski definition) is 4. The maximum atomic E-state index is 10.6. The zero-order valence-electron chi connectivity index (χ0n) is 11.8. The lowest BCUT2D eigenvalue weighted by Gasteiger charge is -2.03. The summed E-state index contributed by atoms with van der Waals surface area (Å²) in [5, 5.41) is 15.2. The van der Waals surface area contributed by atoms with Crippen molar-refractivity contribution in [2.75, 3.05) is 0 Å². The molecule has 0 saturated carbocycles. The predicted octanol–water partition coefficient (Wildman–Crippen LogP) is 3.09. The first-order valence-electron chi connectivity index (χ1n) is 6.67. The van der Waals surface area contributed by atoms with E-state index in [1.54, 1.807) is 4.52 Å². The van der Waals surface area contributed by atoms with Gasteiger partial charge in [0.1, 0.15) is 0 Å². The Bertz CT molecular complexity index is 820. The normalized spacial score (nSPS) is 11.1. The van der Waals surface area contributed by atoms with Gasteiger partial charge in [0.05, 0.1) is 12.1 Å². The van der Waals surface area contributed by atoms with Gasteiger partial charge in [0.25, 0.3) is 0 Å². The van der Waals surface area contributed by atoms with Gasteiger partial charge in [-0.3, -0.25) is 4.79 Å². The van der Waals surface area contributed by atoms with Gasteiger partial charge in [-0.15, -0.1) is 16.4 Å². The first-order valence-corrected chi connectivity index (χ1v) is 7.55. The molecular weight excluding hydrogens is 286 g/mol. The minimum Gasteiger partial charge on any atom is -0.481 e. The second-order valence-corrected chi connectivity index (χ2v) is 5.87. The Morgan fingerprint density at radius 1 is 1.33 bits per heavy atom. The van der Waals surface area contributed by atoms with Crippen LogP contribution in [0.5, 0.6) is 0 Å². The minimum atomic E-state index is -0.831. The number of fused-ring (bicyclic) bond motifs is 1. The number of aromatic nitrogens is 3. The van der Waals surface area contributed by atoms with Crippen molar-refractivity contribution in [3.8, 4) is 11.3 Å². The third kappa shape index (κ3) is 2.67. The molecule has 0 aliphatic rings. The first-order chi connectivity index (χ1) is 10.0. The quantitative estimate of drug-likeness (QED) is 0.804. The summed E-state index contributed by atoms with van der Waals surface area (Å²) >= 11 is 1.52. The summed E-state index contributed by atoms with van der Waals surface area (Å²) in [6, 6.07) is 6.30. The Kier molecular flexibility index (Phi) is 3.47. The fourth-order valence-corrected chi connectivity index (χ4v) is 3.00. The third-order valence-corrected chi connectivity index (χ3v) is 4.31. The number of carboxylic acid groups (broad SMARTS) is 1. The van der Waals surface area contributed by atoms with Crippen molar-refractivity contribution >= 4 is 22.3 Å². The van der Waals surface area contributed by atoms with Gasteiger partial charge in [0.2, 0.25) is 4.96 Å². The van der Waals surface area contributed by atoms with E-state index in [9.17, 15) is 4.79 Å². The average Bonchev–Trinajstić information content (AvgIpc) is 2.99. The molecule has 0 spiro atoms. The molecule has 2 aromatic heterocycles. The Labute approximate surface area is 125 Å². The van der Waals surface area contributed by atoms with Crippen molar-refractivity contribution in [1.82, 2.24) is 14.6 Å². The monoisotopic (exact) mass is 301 g/mol. The summed E-state index contributed by atoms with van der Waals surface area (Å²) in [4.78, 5) is 15.8. The zero-order chi connectivity index (χ0) is 15.0. The Morgan fingerprint density at radius 2 is 2.14 bits per heavy atom. The molecule has 6 heteroatoms. The van der Waals surface area contributed by atoms with Crippen molar-refractivity contribution in [3.63, 3.8) is 0 Å². The Morgan fingerprint density at radius 3 is 2.86 bits per heavy atom. The minimum absolute atomic E-state index is 0.0524. The molecule has 3 aromatic rings. The molecule has 0 atom stereocenters. The third-order valence-electron chi connectivity index (χ3n) is 3.49. The molecule has 21 heavy (non-hydrogen) atoms. The highest BCUT2D eigenvalue weighted by Gasteiger charge is 2.12. The average molecular weight is 301 g/mol. The lowest BCUT2D eigenvalue weighted by molar-refractivity contribution is -0.137. The van der Waals surface area contributed by atoms with Crippen molar-refractivity contribution in [2.24, 2.45) is 0 Å². The molecule has 0 radical (unpaired) electrons. The molecule has 3 rings (SSSR count). The number of carbonyl (C=O) groups is 1. The fraction of sp³-hybridized carbons (Fsp3) is 0.267. The van der Waals surface area contributed by atoms with Crippen LogP contribution in [0.4, 0.5) is 0 Å². The van der Waals surface area contributed by atoms with Crippen LogP contribution in [0, 0.1) is 13.8 Å². The topological polar surface area (TPSA) is 67.5 Å². The van der Waals surface area contributed by atoms with E-state index in [1.165, 1.54) is 22.5 Å². The van der Waals surface area contributed by atoms with Crippen molar-refractivity contribution < 1.29 is 9.90 Å². The van der Waals surface area contributed by atoms with Gasteiger partial charge < -0.3 is 5.11 Å². The highest BCUT2D eigenvalue weighted by Crippen LogP contribution is 2.26. The molecule has 0 saturated heterocycles. The summed E-state index contributed by atoms with van der Waals surface area (Å²) in [6.07, 6.45) is 0.410. The van der Waals surface area contributed by atoms with E-state index >= 15 is 0 Å². The number of aryl methyl sites for hydroxylation is 3. The number of aliphatic carboxylic acids is 1. The number of benzene rings is 1. The van der Waals surface area contributed by atoms with Crippen LogP contribution in [0.2, 0.25) is 0 Å². The SMILES string of the molecule is Cc1ccc(-c2csc3nc(CCC(=O)O)nn23)cc1C. The van der Waals surface area contributed by atoms with Gasteiger partial charge >= 0.3 is 5.97 Å². The van der Waals surface area contributed by atoms with Gasteiger partial charge in [-0.25, -0.2) is 9.50 Å². The summed E-state index contributed by atoms with van der Waals surface area (Å²) < 4.78 is 1.80. The molecule has 0 fully saturated rings. The van der Waals surface area contributed by atoms with Crippen LogP contribution < -0.4 is 0 Å². The van der Waals surface area contributed by atoms with Crippen molar-refractivity contribution in [3.05, 3.63) is 40.5 Å². The standard InChI is InChI=1S/C15H15N3O2S/c1-9-3-4-11(7-10(9)2)12-8-21-15-16-13(17-18(12)15)5-6-14(19)20/h3-4,7-8H,5-6H2,1-2H3,(H,19,20). The van der Waals surface area contributed by atoms with E-state index in [4.69, 9.17) is 5.11 Å². The number of hydrogen-bond donors (Lipinski definition) is 1. The fourth-order valence-electron chi connectivity index (χ4n) is 2.15. The van der Waals surface area contributed by atoms with Crippen molar-refractivity contribution in [1.29, 1.82) is 0 Å². The first kappa shape index (κ1) is 13.8. The highest BCUT2D eigenvalue weighted by atomic mass is 32.1. The molecule has 5 nitrogen and oxygen atoms in total. The number of rotatable bonds is 4. The zero-order valence-corrected chi connectivity index (χ0v) is 12.6. The van der Waals surface area contributed by atoms with Crippen LogP contribution in [0.1, 0.15) is 23.4 Å². The van der Waals surface area contributed by atoms with Crippen LogP contribution in [-0.4, -0.2) is 25.7 Å². The van der Waals surface area contributed by atoms with Crippen LogP contribution >= 0.6 is 11.3 Å². The second kappa shape index (κ2) is 5.29. The molecular formula is C15H15N3O2S. The van der Waals surface area contributed by atoms with Gasteiger partial charge in [0.15, 0.2) is 5.82 Å². The van der Waals surface area contributed by atoms with Crippen LogP contribution in [-0.2, 0) is 11.2 Å². The largest absolute Gasteiger partial charge is 0.481 e. The molecule has 0 bridgehead atoms. The number of carboxylic acids is 1. The molecule has 108 valence electrons. The van der Waals surface area contributed by atoms with E-state index in [0.29, 0.717) is 12.2 Å². The van der Waals surface area contributed by atoms with Crippen LogP contribution in [0.25, 0.3) is 16.2 Å². The molecule has 2 heterocycles. The van der Waals surface area contributed by atoms with E-state index < -0.39 is 5.97 Å². The summed E-state index contributed by atoms with van der Waals surface area (Å²) in [6.45, 7) is 4.17. The molecule has 1 N–H and O–H groups in total. The van der Waals surface area contributed by atoms with Crippen LogP contribution in [0.3, 0.4) is 0 Å². The molecule has 1 aromatic carbocycles. The highest BCUT2D eigenvalue weighted by molar-refractivity contribution is 7.15. The predicted molar refractivity (Wildman–Crippen MR) is 81.7 cm³/mol. The van der Waals surface area contributed by atoms with E-state index in [1.807, 2.05) is 5.38 Å². The smallest absolute Gasteiger partial charge is 0.303 e. The molecule has 0 aliphatic heterocycles. The Hall–Kier alpha value is -2.21. The van der Waals surface area contributed by atoms with Gasteiger partial charge in [-0.1, -0.05) is 12.1 Å². The summed E-state index contributed by atoms with van der Waals surface area (Å²) in [5.74, 6) is -0.253. The van der Waals surface area contributed by atoms with E-state index in [0.717, 1.165) is 16.2 Å². The second-order valence-electron chi connectivity index (χ2n) is 5.04. The van der Waals surface area contributed by atoms with Gasteiger partial charge in [-0.05, 0) is 31.0 Å². The lowest BCUT2D eigenvalue weighted by Crippen LogP contribution is -1.99. The number of thiazole rings is 1. The number of nitrogens with zero attached hydrogens (tertiary/aromatic N) is 3. The molecule has 0 amide bonds. The molecule has 0 aliphatic carbocycles. The maximum Gasteiger partial charge on any atom is 0.303 e. The summed E-state index contributed by atoms with van der Waals surface area (Å²) in [7, 11) is 0. The van der Waals surface area contributed by atoms with E-state index in [2.05, 4.69) is 42.1 Å². The van der Waals surface area contributed by atoms with Crippen LogP contribution in [0.15, 0.2) is 23.6 Å². The summed E-state index contributed by atoms with van der Waals surface area (Å²) in [5.41, 5.74) is 4.58. The Balaban J connectivity index is 1.98. The molecule has 0 unspecified atom stereocenters. The van der Waals surface area contributed by atoms with Crippen molar-refractivity contribution in [2.45, 2.75) is 26.7 Å². The van der Waals surface area contributed by atoms with E-state index in [-0.39, 0.29) is 6.42 Å². The maximum absolute atomic E-state index is 10.6. The van der Waals surface area contributed by atoms with Gasteiger partial charge in [0, 0.05) is 17.4 Å².